The maximum absolute atomic E-state index is 12.3. The molecule has 1 aromatic heterocycles. The summed E-state index contributed by atoms with van der Waals surface area (Å²) < 4.78 is 5.48. The third-order valence-electron chi connectivity index (χ3n) is 3.64. The highest BCUT2D eigenvalue weighted by Crippen LogP contribution is 2.19. The molecular formula is C14H26N6O2. The van der Waals surface area contributed by atoms with Crippen LogP contribution < -0.4 is 0 Å². The van der Waals surface area contributed by atoms with Crippen LogP contribution in [0.15, 0.2) is 0 Å². The largest absolute Gasteiger partial charge is 0.444 e. The SMILES string of the molecule is CC1CN(C(=O)OC(C)(C)C)C(C)CN1Cc1nnn(C)n1. The van der Waals surface area contributed by atoms with E-state index in [0.717, 1.165) is 6.54 Å². The van der Waals surface area contributed by atoms with E-state index in [1.807, 2.05) is 27.7 Å². The second kappa shape index (κ2) is 6.20. The number of carbonyl (C=O) groups is 1. The van der Waals surface area contributed by atoms with Gasteiger partial charge >= 0.3 is 6.09 Å². The second-order valence-corrected chi connectivity index (χ2v) is 6.96. The summed E-state index contributed by atoms with van der Waals surface area (Å²) in [5.41, 5.74) is -0.472. The van der Waals surface area contributed by atoms with Crippen molar-refractivity contribution in [3.8, 4) is 0 Å². The first-order valence-corrected chi connectivity index (χ1v) is 7.62. The molecule has 2 rings (SSSR count). The molecule has 8 nitrogen and oxygen atoms in total. The normalized spacial score (nSPS) is 23.6. The average Bonchev–Trinajstić information content (AvgIpc) is 2.76. The first-order chi connectivity index (χ1) is 10.2. The van der Waals surface area contributed by atoms with Crippen molar-refractivity contribution in [3.05, 3.63) is 5.82 Å². The van der Waals surface area contributed by atoms with E-state index in [-0.39, 0.29) is 18.2 Å². The zero-order valence-electron chi connectivity index (χ0n) is 14.3. The Kier molecular flexibility index (Phi) is 4.69. The Balaban J connectivity index is 1.97. The van der Waals surface area contributed by atoms with Crippen molar-refractivity contribution < 1.29 is 9.53 Å². The number of hydrogen-bond donors (Lipinski definition) is 0. The Hall–Kier alpha value is -1.70. The molecule has 1 aliphatic heterocycles. The quantitative estimate of drug-likeness (QED) is 0.812. The highest BCUT2D eigenvalue weighted by molar-refractivity contribution is 5.68. The molecule has 124 valence electrons. The number of amides is 1. The van der Waals surface area contributed by atoms with E-state index in [9.17, 15) is 4.79 Å². The van der Waals surface area contributed by atoms with Crippen LogP contribution in [0.25, 0.3) is 0 Å². The lowest BCUT2D eigenvalue weighted by atomic mass is 10.1. The molecule has 0 aromatic carbocycles. The van der Waals surface area contributed by atoms with Crippen LogP contribution in [0.3, 0.4) is 0 Å². The van der Waals surface area contributed by atoms with E-state index in [0.29, 0.717) is 18.9 Å². The molecule has 1 amide bonds. The highest BCUT2D eigenvalue weighted by atomic mass is 16.6. The van der Waals surface area contributed by atoms with Gasteiger partial charge in [-0.25, -0.2) is 4.79 Å². The smallest absolute Gasteiger partial charge is 0.410 e. The van der Waals surface area contributed by atoms with Gasteiger partial charge in [-0.15, -0.1) is 10.2 Å². The minimum Gasteiger partial charge on any atom is -0.444 e. The topological polar surface area (TPSA) is 76.4 Å². The molecule has 2 heterocycles. The molecule has 8 heteroatoms. The molecule has 1 saturated heterocycles. The highest BCUT2D eigenvalue weighted by Gasteiger charge is 2.34. The van der Waals surface area contributed by atoms with Crippen molar-refractivity contribution >= 4 is 6.09 Å². The number of tetrazole rings is 1. The Bertz CT molecular complexity index is 524. The molecule has 0 saturated carbocycles. The van der Waals surface area contributed by atoms with Crippen LogP contribution in [-0.4, -0.2) is 66.9 Å². The van der Waals surface area contributed by atoms with Gasteiger partial charge in [-0.05, 0) is 39.8 Å². The lowest BCUT2D eigenvalue weighted by Gasteiger charge is -2.43. The van der Waals surface area contributed by atoms with Crippen molar-refractivity contribution in [1.82, 2.24) is 30.0 Å². The van der Waals surface area contributed by atoms with Gasteiger partial charge in [-0.3, -0.25) is 4.90 Å². The van der Waals surface area contributed by atoms with Gasteiger partial charge in [0, 0.05) is 25.2 Å². The van der Waals surface area contributed by atoms with E-state index in [4.69, 9.17) is 4.74 Å². The molecule has 1 aliphatic rings. The van der Waals surface area contributed by atoms with Crippen molar-refractivity contribution in [2.24, 2.45) is 7.05 Å². The maximum Gasteiger partial charge on any atom is 0.410 e. The minimum atomic E-state index is -0.472. The molecule has 1 aromatic rings. The lowest BCUT2D eigenvalue weighted by molar-refractivity contribution is -0.0121. The fraction of sp³-hybridized carbons (Fsp3) is 0.857. The number of aromatic nitrogens is 4. The first kappa shape index (κ1) is 16.7. The molecule has 2 atom stereocenters. The van der Waals surface area contributed by atoms with Crippen molar-refractivity contribution in [2.75, 3.05) is 13.1 Å². The summed E-state index contributed by atoms with van der Waals surface area (Å²) in [5.74, 6) is 0.701. The van der Waals surface area contributed by atoms with Gasteiger partial charge in [-0.1, -0.05) is 0 Å². The first-order valence-electron chi connectivity index (χ1n) is 7.62. The summed E-state index contributed by atoms with van der Waals surface area (Å²) in [5, 5.41) is 12.1. The predicted octanol–water partition coefficient (Wildman–Crippen LogP) is 1.04. The fourth-order valence-electron chi connectivity index (χ4n) is 2.56. The molecule has 0 spiro atoms. The summed E-state index contributed by atoms with van der Waals surface area (Å²) in [6.07, 6.45) is -0.246. The van der Waals surface area contributed by atoms with E-state index >= 15 is 0 Å². The van der Waals surface area contributed by atoms with Crippen LogP contribution in [-0.2, 0) is 18.3 Å². The average molecular weight is 310 g/mol. The lowest BCUT2D eigenvalue weighted by Crippen LogP contribution is -2.58. The number of ether oxygens (including phenoxy) is 1. The van der Waals surface area contributed by atoms with Gasteiger partial charge in [0.05, 0.1) is 13.6 Å². The summed E-state index contributed by atoms with van der Waals surface area (Å²) >= 11 is 0. The summed E-state index contributed by atoms with van der Waals surface area (Å²) in [7, 11) is 1.75. The predicted molar refractivity (Wildman–Crippen MR) is 81.1 cm³/mol. The fourth-order valence-corrected chi connectivity index (χ4v) is 2.56. The van der Waals surface area contributed by atoms with Gasteiger partial charge < -0.3 is 9.64 Å². The van der Waals surface area contributed by atoms with Crippen LogP contribution in [0, 0.1) is 0 Å². The van der Waals surface area contributed by atoms with Gasteiger partial charge in [-0.2, -0.15) is 4.80 Å². The standard InChI is InChI=1S/C14H26N6O2/c1-10-8-20(13(21)22-14(3,4)5)11(2)7-19(10)9-12-15-17-18(6)16-12/h10-11H,7-9H2,1-6H3. The van der Waals surface area contributed by atoms with E-state index < -0.39 is 5.60 Å². The number of rotatable bonds is 2. The third kappa shape index (κ3) is 4.16. The van der Waals surface area contributed by atoms with Gasteiger partial charge in [0.1, 0.15) is 5.60 Å². The number of piperazine rings is 1. The van der Waals surface area contributed by atoms with Crippen molar-refractivity contribution in [1.29, 1.82) is 0 Å². The Morgan fingerprint density at radius 1 is 1.27 bits per heavy atom. The zero-order valence-corrected chi connectivity index (χ0v) is 14.3. The molecule has 2 unspecified atom stereocenters. The molecule has 0 aliphatic carbocycles. The van der Waals surface area contributed by atoms with Crippen molar-refractivity contribution in [3.63, 3.8) is 0 Å². The zero-order chi connectivity index (χ0) is 16.5. The number of carbonyl (C=O) groups excluding carboxylic acids is 1. The van der Waals surface area contributed by atoms with E-state index in [2.05, 4.69) is 27.2 Å². The molecular weight excluding hydrogens is 284 g/mol. The van der Waals surface area contributed by atoms with E-state index in [1.54, 1.807) is 11.9 Å². The van der Waals surface area contributed by atoms with Crippen LogP contribution >= 0.6 is 0 Å². The molecule has 0 radical (unpaired) electrons. The monoisotopic (exact) mass is 310 g/mol. The molecule has 22 heavy (non-hydrogen) atoms. The van der Waals surface area contributed by atoms with Crippen LogP contribution in [0.4, 0.5) is 4.79 Å². The van der Waals surface area contributed by atoms with Crippen LogP contribution in [0.1, 0.15) is 40.4 Å². The van der Waals surface area contributed by atoms with Gasteiger partial charge in [0.2, 0.25) is 0 Å². The second-order valence-electron chi connectivity index (χ2n) is 6.96. The van der Waals surface area contributed by atoms with Crippen molar-refractivity contribution in [2.45, 2.75) is 58.8 Å². The summed E-state index contributed by atoms with van der Waals surface area (Å²) in [6.45, 7) is 11.8. The minimum absolute atomic E-state index is 0.0859. The Labute approximate surface area is 131 Å². The summed E-state index contributed by atoms with van der Waals surface area (Å²) in [6, 6.07) is 0.301. The number of hydrogen-bond acceptors (Lipinski definition) is 6. The van der Waals surface area contributed by atoms with E-state index in [1.165, 1.54) is 4.80 Å². The summed E-state index contributed by atoms with van der Waals surface area (Å²) in [4.78, 5) is 17.8. The Morgan fingerprint density at radius 3 is 2.50 bits per heavy atom. The van der Waals surface area contributed by atoms with Crippen LogP contribution in [0.2, 0.25) is 0 Å². The maximum atomic E-state index is 12.3. The third-order valence-corrected chi connectivity index (χ3v) is 3.64. The molecule has 0 N–H and O–H groups in total. The Morgan fingerprint density at radius 2 is 1.95 bits per heavy atom. The van der Waals surface area contributed by atoms with Gasteiger partial charge in [0.15, 0.2) is 5.82 Å². The van der Waals surface area contributed by atoms with Crippen LogP contribution in [0.5, 0.6) is 0 Å². The number of nitrogens with zero attached hydrogens (tertiary/aromatic N) is 6. The van der Waals surface area contributed by atoms with Gasteiger partial charge in [0.25, 0.3) is 0 Å². The molecule has 0 bridgehead atoms. The number of aryl methyl sites for hydroxylation is 1. The molecule has 1 fully saturated rings.